The second-order valence-electron chi connectivity index (χ2n) is 26.6. The number of Topliss-reactive ketones (excluding diaryl/α,β-unsaturated/α-hetero) is 4. The number of hydrogen-bond acceptors (Lipinski definition) is 12. The SMILES string of the molecule is CC(C)(C)NC(=O)N1CCN(CCC(=O)c2ccc3ccccc3c2)CC1.CN(C)C[C@H]1CCCN1CCC(=O)c1ccc2ccccc2c1.O=C(CCN1CCC[C@H]1C(=O)O)c1ccc2ccccc2c1.O=C(CCN1CCC[C@H]1CO)c1ccc2ccccc2c1. The summed E-state index contributed by atoms with van der Waals surface area (Å²) in [5.74, 6) is -0.0956. The Hall–Kier alpha value is -8.02. The van der Waals surface area contributed by atoms with Gasteiger partial charge in [0.05, 0.1) is 6.61 Å². The third kappa shape index (κ3) is 20.2. The van der Waals surface area contributed by atoms with Crippen LogP contribution in [0.3, 0.4) is 0 Å². The number of urea groups is 1. The van der Waals surface area contributed by atoms with Crippen molar-refractivity contribution in [1.82, 2.24) is 34.7 Å². The number of aliphatic carboxylic acids is 1. The first kappa shape index (κ1) is 69.3. The van der Waals surface area contributed by atoms with Crippen molar-refractivity contribution >= 4 is 78.2 Å². The molecular weight excluding hydrogens is 1160 g/mol. The van der Waals surface area contributed by atoms with E-state index in [9.17, 15) is 33.9 Å². The molecule has 490 valence electrons. The van der Waals surface area contributed by atoms with Crippen molar-refractivity contribution in [3.63, 3.8) is 0 Å². The number of ketones is 4. The molecule has 0 radical (unpaired) electrons. The van der Waals surface area contributed by atoms with Crippen LogP contribution in [0.2, 0.25) is 0 Å². The highest BCUT2D eigenvalue weighted by molar-refractivity contribution is 6.02. The Morgan fingerprint density at radius 3 is 1.16 bits per heavy atom. The minimum absolute atomic E-state index is 0.00519. The number of carbonyl (C=O) groups excluding carboxylic acids is 5. The fourth-order valence-corrected chi connectivity index (χ4v) is 13.2. The molecule has 4 aliphatic heterocycles. The Bertz CT molecular complexity index is 3840. The Balaban J connectivity index is 0.000000147. The first-order valence-corrected chi connectivity index (χ1v) is 33.5. The average Bonchev–Trinajstić information content (AvgIpc) is 2.72. The van der Waals surface area contributed by atoms with Gasteiger partial charge >= 0.3 is 12.0 Å². The molecule has 0 unspecified atom stereocenters. The highest BCUT2D eigenvalue weighted by Crippen LogP contribution is 2.25. The van der Waals surface area contributed by atoms with Crippen molar-refractivity contribution in [3.8, 4) is 0 Å². The molecule has 12 rings (SSSR count). The van der Waals surface area contributed by atoms with Crippen LogP contribution in [0.4, 0.5) is 4.79 Å². The van der Waals surface area contributed by atoms with E-state index in [0.29, 0.717) is 63.3 Å². The lowest BCUT2D eigenvalue weighted by Crippen LogP contribution is -2.55. The predicted octanol–water partition coefficient (Wildman–Crippen LogP) is 12.8. The summed E-state index contributed by atoms with van der Waals surface area (Å²) in [5, 5.41) is 30.5. The van der Waals surface area contributed by atoms with Gasteiger partial charge in [-0.3, -0.25) is 43.6 Å². The van der Waals surface area contributed by atoms with E-state index in [-0.39, 0.29) is 47.4 Å². The van der Waals surface area contributed by atoms with E-state index in [1.807, 2.05) is 176 Å². The minimum atomic E-state index is -0.782. The van der Waals surface area contributed by atoms with Gasteiger partial charge in [0, 0.05) is 124 Å². The van der Waals surface area contributed by atoms with Gasteiger partial charge in [0.1, 0.15) is 6.04 Å². The molecule has 0 aliphatic carbocycles. The summed E-state index contributed by atoms with van der Waals surface area (Å²) in [6, 6.07) is 56.3. The number of benzene rings is 8. The van der Waals surface area contributed by atoms with Gasteiger partial charge in [0.15, 0.2) is 23.1 Å². The molecule has 0 saturated carbocycles. The standard InChI is InChI=1S/C22H29N3O2.C20H26N2O.C18H19NO3.C18H21NO2/c1-22(2,3)23-21(27)25-14-12-24(13-15-25)11-10-20(26)19-9-8-17-6-4-5-7-18(17)16-19;1-21(2)15-19-8-5-12-22(19)13-11-20(23)18-10-9-16-6-3-4-7-17(16)14-18;20-17(9-11-19-10-3-6-16(19)18(21)22)15-8-7-13-4-1-2-5-14(13)12-15;20-13-17-6-3-10-19(17)11-9-18(21)16-8-7-14-4-1-2-5-15(14)12-16/h4-9,16H,10-15H2,1-3H3,(H,23,27);3-4,6-7,9-10,14,19H,5,8,11-13,15H2,1-2H3;1-2,4-5,7-8,12,16H,3,6,9-11H2,(H,21,22);1-2,4-5,7-8,12,17,20H,3,6,9-11,13H2/t;19-;16-;17-/m.100/s1. The lowest BCUT2D eigenvalue weighted by Gasteiger charge is -2.36. The van der Waals surface area contributed by atoms with E-state index in [2.05, 4.69) is 63.3 Å². The van der Waals surface area contributed by atoms with Crippen molar-refractivity contribution in [3.05, 3.63) is 192 Å². The largest absolute Gasteiger partial charge is 0.480 e. The van der Waals surface area contributed by atoms with Crippen molar-refractivity contribution in [1.29, 1.82) is 0 Å². The smallest absolute Gasteiger partial charge is 0.320 e. The number of aliphatic hydroxyl groups excluding tert-OH is 1. The zero-order chi connectivity index (χ0) is 65.9. The van der Waals surface area contributed by atoms with Crippen molar-refractivity contribution in [2.75, 3.05) is 99.2 Å². The third-order valence-electron chi connectivity index (χ3n) is 18.4. The van der Waals surface area contributed by atoms with Crippen molar-refractivity contribution < 1.29 is 39.0 Å². The molecule has 4 fully saturated rings. The van der Waals surface area contributed by atoms with Crippen molar-refractivity contribution in [2.45, 2.75) is 109 Å². The molecule has 3 N–H and O–H groups in total. The van der Waals surface area contributed by atoms with Gasteiger partial charge in [-0.05, 0) is 160 Å². The molecule has 15 heteroatoms. The topological polar surface area (TPSA) is 174 Å². The zero-order valence-electron chi connectivity index (χ0n) is 55.2. The molecular formula is C78H95N7O8. The van der Waals surface area contributed by atoms with E-state index in [1.54, 1.807) is 0 Å². The molecule has 4 aliphatic rings. The second kappa shape index (κ2) is 33.7. The number of piperazine rings is 1. The normalized spacial score (nSPS) is 18.0. The summed E-state index contributed by atoms with van der Waals surface area (Å²) >= 11 is 0. The number of nitrogens with one attached hydrogen (secondary N) is 1. The lowest BCUT2D eigenvalue weighted by molar-refractivity contribution is -0.142. The fourth-order valence-electron chi connectivity index (χ4n) is 13.2. The van der Waals surface area contributed by atoms with Gasteiger partial charge in [-0.25, -0.2) is 4.79 Å². The Morgan fingerprint density at radius 2 is 0.785 bits per heavy atom. The highest BCUT2D eigenvalue weighted by atomic mass is 16.4. The summed E-state index contributed by atoms with van der Waals surface area (Å²) in [4.78, 5) is 86.1. The number of aliphatic hydroxyl groups is 1. The molecule has 15 nitrogen and oxygen atoms in total. The Morgan fingerprint density at radius 1 is 0.441 bits per heavy atom. The summed E-state index contributed by atoms with van der Waals surface area (Å²) < 4.78 is 0. The van der Waals surface area contributed by atoms with Crippen LogP contribution in [0.5, 0.6) is 0 Å². The summed E-state index contributed by atoms with van der Waals surface area (Å²) in [6.45, 7) is 16.0. The van der Waals surface area contributed by atoms with Crippen LogP contribution >= 0.6 is 0 Å². The van der Waals surface area contributed by atoms with Gasteiger partial charge in [-0.2, -0.15) is 0 Å². The summed E-state index contributed by atoms with van der Waals surface area (Å²) in [5.41, 5.74) is 2.88. The summed E-state index contributed by atoms with van der Waals surface area (Å²) in [6.07, 6.45) is 8.24. The van der Waals surface area contributed by atoms with Gasteiger partial charge in [-0.1, -0.05) is 146 Å². The Labute approximate surface area is 549 Å². The number of amides is 2. The number of carboxylic acids is 1. The minimum Gasteiger partial charge on any atom is -0.480 e. The number of nitrogens with zero attached hydrogens (tertiary/aromatic N) is 6. The van der Waals surface area contributed by atoms with Crippen LogP contribution < -0.4 is 5.32 Å². The summed E-state index contributed by atoms with van der Waals surface area (Å²) in [7, 11) is 4.24. The van der Waals surface area contributed by atoms with Gasteiger partial charge in [0.25, 0.3) is 0 Å². The van der Waals surface area contributed by atoms with Crippen LogP contribution in [-0.4, -0.2) is 198 Å². The first-order valence-electron chi connectivity index (χ1n) is 33.5. The van der Waals surface area contributed by atoms with Crippen molar-refractivity contribution in [2.24, 2.45) is 0 Å². The van der Waals surface area contributed by atoms with E-state index >= 15 is 0 Å². The number of hydrogen-bond donors (Lipinski definition) is 3. The molecule has 0 bridgehead atoms. The zero-order valence-corrected chi connectivity index (χ0v) is 55.2. The predicted molar refractivity (Wildman–Crippen MR) is 375 cm³/mol. The second-order valence-corrected chi connectivity index (χ2v) is 26.6. The van der Waals surface area contributed by atoms with E-state index in [4.69, 9.17) is 5.11 Å². The van der Waals surface area contributed by atoms with Crippen LogP contribution in [0.1, 0.15) is 126 Å². The molecule has 0 spiro atoms. The van der Waals surface area contributed by atoms with Crippen LogP contribution in [0.15, 0.2) is 170 Å². The molecule has 8 aromatic carbocycles. The van der Waals surface area contributed by atoms with E-state index in [0.717, 1.165) is 133 Å². The number of likely N-dealkylation sites (N-methyl/N-ethyl adjacent to an activating group) is 1. The highest BCUT2D eigenvalue weighted by Gasteiger charge is 2.31. The molecule has 3 atom stereocenters. The number of carbonyl (C=O) groups is 6. The number of carboxylic acid groups (broad SMARTS) is 1. The van der Waals surface area contributed by atoms with E-state index < -0.39 is 12.0 Å². The maximum atomic E-state index is 12.6. The monoisotopic (exact) mass is 1260 g/mol. The maximum Gasteiger partial charge on any atom is 0.320 e. The Kier molecular flexibility index (Phi) is 25.1. The number of fused-ring (bicyclic) bond motifs is 4. The van der Waals surface area contributed by atoms with E-state index in [1.165, 1.54) is 18.2 Å². The average molecular weight is 1260 g/mol. The van der Waals surface area contributed by atoms with Crippen LogP contribution in [0.25, 0.3) is 43.1 Å². The van der Waals surface area contributed by atoms with Crippen LogP contribution in [0, 0.1) is 0 Å². The third-order valence-corrected chi connectivity index (χ3v) is 18.4. The van der Waals surface area contributed by atoms with Gasteiger partial charge in [-0.15, -0.1) is 0 Å². The quantitative estimate of drug-likeness (QED) is 0.0616. The molecule has 93 heavy (non-hydrogen) atoms. The van der Waals surface area contributed by atoms with Gasteiger partial charge in [0.2, 0.25) is 0 Å². The fraction of sp³-hybridized carbons (Fsp3) is 0.410. The van der Waals surface area contributed by atoms with Gasteiger partial charge < -0.3 is 25.3 Å². The number of likely N-dealkylation sites (tertiary alicyclic amines) is 3. The number of rotatable bonds is 20. The molecule has 2 amide bonds. The maximum absolute atomic E-state index is 12.6. The molecule has 4 saturated heterocycles. The first-order chi connectivity index (χ1) is 44.9. The molecule has 4 heterocycles. The van der Waals surface area contributed by atoms with Crippen LogP contribution in [-0.2, 0) is 4.79 Å². The lowest BCUT2D eigenvalue weighted by atomic mass is 10.0. The molecule has 8 aromatic rings. The molecule has 0 aromatic heterocycles.